The maximum absolute atomic E-state index is 6.39. The molecule has 0 amide bonds. The minimum atomic E-state index is -0.750. The number of hydrogen-bond acceptors (Lipinski definition) is 3. The molecule has 1 aliphatic heterocycles. The van der Waals surface area contributed by atoms with Gasteiger partial charge in [-0.15, -0.1) is 0 Å². The summed E-state index contributed by atoms with van der Waals surface area (Å²) < 4.78 is 0. The van der Waals surface area contributed by atoms with E-state index in [1.807, 2.05) is 54.6 Å². The van der Waals surface area contributed by atoms with Crippen LogP contribution in [0.1, 0.15) is 37.3 Å². The first-order valence-corrected chi connectivity index (χ1v) is 7.97. The molecule has 2 aromatic rings. The van der Waals surface area contributed by atoms with E-state index < -0.39 is 5.72 Å². The number of hydrogen-bond donors (Lipinski definition) is 1. The van der Waals surface area contributed by atoms with E-state index in [2.05, 4.69) is 12.4 Å². The second-order valence-electron chi connectivity index (χ2n) is 5.40. The second kappa shape index (κ2) is 6.51. The Morgan fingerprint density at radius 3 is 2.55 bits per heavy atom. The van der Waals surface area contributed by atoms with Crippen LogP contribution in [-0.2, 0) is 10.6 Å². The molecule has 2 aromatic carbocycles. The first-order valence-electron chi connectivity index (χ1n) is 7.59. The number of amidine groups is 1. The fraction of sp³-hybridized carbons (Fsp3) is 0.278. The van der Waals surface area contributed by atoms with E-state index in [9.17, 15) is 0 Å². The quantitative estimate of drug-likeness (QED) is 0.870. The van der Waals surface area contributed by atoms with Gasteiger partial charge in [0.1, 0.15) is 0 Å². The minimum Gasteiger partial charge on any atom is -0.246 e. The number of benzene rings is 2. The summed E-state index contributed by atoms with van der Waals surface area (Å²) in [6.45, 7) is 2.16. The van der Waals surface area contributed by atoms with Crippen LogP contribution in [0.15, 0.2) is 59.6 Å². The standard InChI is InChI=1S/C18H19ClN2O/c1-2-3-13-18(15-11-7-8-12-16(15)19)20-17(21-22-18)14-9-5-4-6-10-14/h4-12H,2-3,13H2,1H3,(H,20,21). The van der Waals surface area contributed by atoms with Crippen molar-refractivity contribution in [1.29, 1.82) is 0 Å². The van der Waals surface area contributed by atoms with Gasteiger partial charge in [0.15, 0.2) is 5.84 Å². The molecule has 114 valence electrons. The summed E-state index contributed by atoms with van der Waals surface area (Å²) in [4.78, 5) is 10.8. The molecule has 4 heteroatoms. The number of unbranched alkanes of at least 4 members (excludes halogenated alkanes) is 1. The number of nitrogens with one attached hydrogen (secondary N) is 1. The van der Waals surface area contributed by atoms with Crippen LogP contribution >= 0.6 is 11.6 Å². The highest BCUT2D eigenvalue weighted by Gasteiger charge is 2.40. The normalized spacial score (nSPS) is 20.5. The van der Waals surface area contributed by atoms with Crippen molar-refractivity contribution in [2.45, 2.75) is 31.9 Å². The molecule has 1 N–H and O–H groups in total. The summed E-state index contributed by atoms with van der Waals surface area (Å²) in [6, 6.07) is 17.7. The van der Waals surface area contributed by atoms with E-state index in [0.717, 1.165) is 36.2 Å². The minimum absolute atomic E-state index is 0.679. The summed E-state index contributed by atoms with van der Waals surface area (Å²) in [5.41, 5.74) is 4.15. The van der Waals surface area contributed by atoms with Crippen molar-refractivity contribution < 1.29 is 4.84 Å². The molecule has 0 saturated carbocycles. The fourth-order valence-electron chi connectivity index (χ4n) is 2.63. The number of nitrogens with zero attached hydrogens (tertiary/aromatic N) is 1. The number of rotatable bonds is 5. The zero-order valence-corrected chi connectivity index (χ0v) is 13.3. The Morgan fingerprint density at radius 2 is 1.82 bits per heavy atom. The highest BCUT2D eigenvalue weighted by Crippen LogP contribution is 2.39. The van der Waals surface area contributed by atoms with Crippen molar-refractivity contribution >= 4 is 17.4 Å². The molecule has 0 fully saturated rings. The monoisotopic (exact) mass is 314 g/mol. The van der Waals surface area contributed by atoms with Crippen molar-refractivity contribution in [3.63, 3.8) is 0 Å². The summed E-state index contributed by atoms with van der Waals surface area (Å²) >= 11 is 6.39. The number of aliphatic imine (C=N–C) groups is 1. The van der Waals surface area contributed by atoms with Gasteiger partial charge in [-0.3, -0.25) is 0 Å². The molecular formula is C18H19ClN2O. The smallest absolute Gasteiger partial charge is 0.214 e. The van der Waals surface area contributed by atoms with Crippen molar-refractivity contribution in [3.05, 3.63) is 70.7 Å². The lowest BCUT2D eigenvalue weighted by atomic mass is 9.97. The van der Waals surface area contributed by atoms with Gasteiger partial charge in [0.25, 0.3) is 0 Å². The summed E-state index contributed by atoms with van der Waals surface area (Å²) in [5, 5.41) is 0.679. The van der Waals surface area contributed by atoms with Gasteiger partial charge in [-0.25, -0.2) is 15.3 Å². The molecule has 0 saturated heterocycles. The van der Waals surface area contributed by atoms with Crippen LogP contribution in [0.4, 0.5) is 0 Å². The molecule has 3 nitrogen and oxygen atoms in total. The predicted molar refractivity (Wildman–Crippen MR) is 89.9 cm³/mol. The van der Waals surface area contributed by atoms with Crippen molar-refractivity contribution in [3.8, 4) is 0 Å². The average molecular weight is 315 g/mol. The summed E-state index contributed by atoms with van der Waals surface area (Å²) in [6.07, 6.45) is 2.88. The Balaban J connectivity index is 2.02. The Kier molecular flexibility index (Phi) is 4.46. The lowest BCUT2D eigenvalue weighted by Crippen LogP contribution is -2.28. The third-order valence-electron chi connectivity index (χ3n) is 3.82. The first-order chi connectivity index (χ1) is 10.7. The zero-order valence-electron chi connectivity index (χ0n) is 12.6. The van der Waals surface area contributed by atoms with Gasteiger partial charge >= 0.3 is 0 Å². The Bertz CT molecular complexity index is 672. The zero-order chi connectivity index (χ0) is 15.4. The lowest BCUT2D eigenvalue weighted by Gasteiger charge is -2.25. The Hall–Kier alpha value is -1.84. The molecule has 0 aromatic heterocycles. The van der Waals surface area contributed by atoms with Crippen LogP contribution in [-0.4, -0.2) is 5.84 Å². The van der Waals surface area contributed by atoms with Gasteiger partial charge in [0.05, 0.1) is 0 Å². The number of halogens is 1. The Labute approximate surface area is 135 Å². The van der Waals surface area contributed by atoms with Crippen molar-refractivity contribution in [1.82, 2.24) is 5.48 Å². The molecular weight excluding hydrogens is 296 g/mol. The molecule has 0 radical (unpaired) electrons. The molecule has 1 atom stereocenters. The van der Waals surface area contributed by atoms with E-state index in [-0.39, 0.29) is 0 Å². The molecule has 22 heavy (non-hydrogen) atoms. The molecule has 1 unspecified atom stereocenters. The maximum atomic E-state index is 6.39. The third-order valence-corrected chi connectivity index (χ3v) is 4.15. The molecule has 0 bridgehead atoms. The van der Waals surface area contributed by atoms with E-state index in [4.69, 9.17) is 21.4 Å². The Morgan fingerprint density at radius 1 is 1.09 bits per heavy atom. The van der Waals surface area contributed by atoms with Crippen LogP contribution in [0.5, 0.6) is 0 Å². The molecule has 0 spiro atoms. The van der Waals surface area contributed by atoms with Gasteiger partial charge in [-0.1, -0.05) is 73.5 Å². The average Bonchev–Trinajstić information content (AvgIpc) is 3.00. The van der Waals surface area contributed by atoms with Gasteiger partial charge in [-0.05, 0) is 12.5 Å². The summed E-state index contributed by atoms with van der Waals surface area (Å²) in [5.74, 6) is 0.747. The maximum Gasteiger partial charge on any atom is 0.214 e. The highest BCUT2D eigenvalue weighted by atomic mass is 35.5. The van der Waals surface area contributed by atoms with Crippen LogP contribution in [0.3, 0.4) is 0 Å². The second-order valence-corrected chi connectivity index (χ2v) is 5.81. The SMILES string of the molecule is CCCCC1(c2ccccc2Cl)N=C(c2ccccc2)NO1. The van der Waals surface area contributed by atoms with Crippen LogP contribution in [0.2, 0.25) is 5.02 Å². The van der Waals surface area contributed by atoms with E-state index in [1.165, 1.54) is 0 Å². The van der Waals surface area contributed by atoms with Crippen molar-refractivity contribution in [2.24, 2.45) is 4.99 Å². The van der Waals surface area contributed by atoms with E-state index in [1.54, 1.807) is 0 Å². The van der Waals surface area contributed by atoms with E-state index in [0.29, 0.717) is 5.02 Å². The summed E-state index contributed by atoms with van der Waals surface area (Å²) in [7, 11) is 0. The number of hydroxylamine groups is 1. The topological polar surface area (TPSA) is 33.6 Å². The van der Waals surface area contributed by atoms with Gasteiger partial charge in [0.2, 0.25) is 5.72 Å². The molecule has 0 aliphatic carbocycles. The highest BCUT2D eigenvalue weighted by molar-refractivity contribution is 6.31. The van der Waals surface area contributed by atoms with Gasteiger partial charge in [0, 0.05) is 22.6 Å². The van der Waals surface area contributed by atoms with Gasteiger partial charge in [-0.2, -0.15) is 0 Å². The van der Waals surface area contributed by atoms with E-state index >= 15 is 0 Å². The molecule has 1 aliphatic rings. The lowest BCUT2D eigenvalue weighted by molar-refractivity contribution is -0.0661. The van der Waals surface area contributed by atoms with Gasteiger partial charge < -0.3 is 0 Å². The first kappa shape index (κ1) is 15.1. The predicted octanol–water partition coefficient (Wildman–Crippen LogP) is 4.66. The van der Waals surface area contributed by atoms with Crippen LogP contribution < -0.4 is 5.48 Å². The van der Waals surface area contributed by atoms with Crippen LogP contribution in [0, 0.1) is 0 Å². The third kappa shape index (κ3) is 2.87. The molecule has 1 heterocycles. The fourth-order valence-corrected chi connectivity index (χ4v) is 2.91. The van der Waals surface area contributed by atoms with Crippen molar-refractivity contribution in [2.75, 3.05) is 0 Å². The molecule has 3 rings (SSSR count). The van der Waals surface area contributed by atoms with Crippen LogP contribution in [0.25, 0.3) is 0 Å². The largest absolute Gasteiger partial charge is 0.246 e.